The number of hydrogen-bond donors (Lipinski definition) is 0. The molecule has 8 heteroatoms. The lowest BCUT2D eigenvalue weighted by atomic mass is 9.85. The van der Waals surface area contributed by atoms with Crippen LogP contribution in [0.25, 0.3) is 22.2 Å². The zero-order chi connectivity index (χ0) is 28.7. The molecule has 2 atom stereocenters. The molecule has 1 aromatic heterocycles. The molecule has 1 aliphatic carbocycles. The highest BCUT2D eigenvalue weighted by molar-refractivity contribution is 9.10. The number of hydrogen-bond acceptors (Lipinski definition) is 6. The second-order valence-electron chi connectivity index (χ2n) is 10.3. The Hall–Kier alpha value is -4.43. The highest BCUT2D eigenvalue weighted by atomic mass is 79.9. The van der Waals surface area contributed by atoms with Gasteiger partial charge in [0.1, 0.15) is 0 Å². The number of fused-ring (bicyclic) bond motifs is 2. The number of esters is 1. The number of carbonyl (C=O) groups is 4. The summed E-state index contributed by atoms with van der Waals surface area (Å²) in [6, 6.07) is 21.1. The Balaban J connectivity index is 1.28. The minimum Gasteiger partial charge on any atom is -0.454 e. The highest BCUT2D eigenvalue weighted by Crippen LogP contribution is 2.38. The second-order valence-corrected chi connectivity index (χ2v) is 11.2. The van der Waals surface area contributed by atoms with Crippen LogP contribution in [-0.4, -0.2) is 35.2 Å². The lowest BCUT2D eigenvalue weighted by Gasteiger charge is -2.15. The Morgan fingerprint density at radius 2 is 1.56 bits per heavy atom. The van der Waals surface area contributed by atoms with Crippen molar-refractivity contribution >= 4 is 56.1 Å². The summed E-state index contributed by atoms with van der Waals surface area (Å²) in [5.74, 6) is -1.88. The van der Waals surface area contributed by atoms with Gasteiger partial charge >= 0.3 is 5.97 Å². The third-order valence-electron chi connectivity index (χ3n) is 7.61. The van der Waals surface area contributed by atoms with Gasteiger partial charge in [-0.3, -0.25) is 19.3 Å². The van der Waals surface area contributed by atoms with Crippen LogP contribution in [0.15, 0.2) is 89.4 Å². The first-order chi connectivity index (χ1) is 19.8. The number of nitrogens with zero attached hydrogens (tertiary/aromatic N) is 2. The van der Waals surface area contributed by atoms with Gasteiger partial charge in [0.25, 0.3) is 0 Å². The van der Waals surface area contributed by atoms with Crippen molar-refractivity contribution < 1.29 is 23.9 Å². The van der Waals surface area contributed by atoms with Gasteiger partial charge in [0.05, 0.1) is 34.3 Å². The fourth-order valence-electron chi connectivity index (χ4n) is 5.42. The van der Waals surface area contributed by atoms with E-state index in [4.69, 9.17) is 9.72 Å². The van der Waals surface area contributed by atoms with Gasteiger partial charge in [-0.25, -0.2) is 9.78 Å². The summed E-state index contributed by atoms with van der Waals surface area (Å²) in [5.41, 5.74) is 4.04. The number of halogens is 1. The summed E-state index contributed by atoms with van der Waals surface area (Å²) in [4.78, 5) is 57.9. The SMILES string of the molecule is Cc1ccc2nc(-c3ccc(N4C(=O)[C@H]5CC=CC[C@@H]5C4=O)cc3)cc(C(=O)OCC(=O)c3ccc(Br)cc3)c2c1. The van der Waals surface area contributed by atoms with Gasteiger partial charge in [-0.05, 0) is 62.2 Å². The molecule has 4 aromatic rings. The number of aryl methyl sites for hydroxylation is 1. The van der Waals surface area contributed by atoms with E-state index in [0.29, 0.717) is 51.8 Å². The van der Waals surface area contributed by atoms with E-state index in [1.807, 2.05) is 37.3 Å². The first-order valence-electron chi connectivity index (χ1n) is 13.3. The van der Waals surface area contributed by atoms with E-state index in [-0.39, 0.29) is 29.4 Å². The number of imide groups is 1. The van der Waals surface area contributed by atoms with E-state index in [9.17, 15) is 19.2 Å². The van der Waals surface area contributed by atoms with Crippen molar-refractivity contribution in [1.29, 1.82) is 0 Å². The monoisotopic (exact) mass is 608 g/mol. The number of aromatic nitrogens is 1. The predicted molar refractivity (Wildman–Crippen MR) is 159 cm³/mol. The number of benzene rings is 3. The van der Waals surface area contributed by atoms with E-state index in [2.05, 4.69) is 15.9 Å². The fourth-order valence-corrected chi connectivity index (χ4v) is 5.68. The molecule has 2 heterocycles. The number of rotatable bonds is 6. The van der Waals surface area contributed by atoms with Crippen molar-refractivity contribution in [2.45, 2.75) is 19.8 Å². The van der Waals surface area contributed by atoms with E-state index in [1.54, 1.807) is 54.6 Å². The normalized spacial score (nSPS) is 18.0. The zero-order valence-corrected chi connectivity index (χ0v) is 23.8. The molecule has 204 valence electrons. The number of anilines is 1. The lowest BCUT2D eigenvalue weighted by molar-refractivity contribution is -0.122. The van der Waals surface area contributed by atoms with E-state index in [0.717, 1.165) is 10.0 Å². The second kappa shape index (κ2) is 10.9. The zero-order valence-electron chi connectivity index (χ0n) is 22.2. The van der Waals surface area contributed by atoms with Gasteiger partial charge in [0.15, 0.2) is 12.4 Å². The number of pyridine rings is 1. The first kappa shape index (κ1) is 26.8. The number of ether oxygens (including phenoxy) is 1. The molecular weight excluding hydrogens is 584 g/mol. The first-order valence-corrected chi connectivity index (χ1v) is 14.1. The molecule has 0 spiro atoms. The van der Waals surface area contributed by atoms with Crippen molar-refractivity contribution in [2.75, 3.05) is 11.5 Å². The maximum atomic E-state index is 13.3. The Morgan fingerprint density at radius 3 is 2.22 bits per heavy atom. The molecule has 0 saturated carbocycles. The molecule has 7 nitrogen and oxygen atoms in total. The van der Waals surface area contributed by atoms with Crippen LogP contribution >= 0.6 is 15.9 Å². The number of carbonyl (C=O) groups excluding carboxylic acids is 4. The summed E-state index contributed by atoms with van der Waals surface area (Å²) >= 11 is 3.34. The van der Waals surface area contributed by atoms with Crippen molar-refractivity contribution in [3.05, 3.63) is 106 Å². The molecule has 1 saturated heterocycles. The summed E-state index contributed by atoms with van der Waals surface area (Å²) in [6.07, 6.45) is 5.09. The van der Waals surface area contributed by atoms with Crippen LogP contribution < -0.4 is 4.90 Å². The average Bonchev–Trinajstić information content (AvgIpc) is 3.25. The fraction of sp³-hybridized carbons (Fsp3) is 0.182. The topological polar surface area (TPSA) is 93.6 Å². The van der Waals surface area contributed by atoms with Gasteiger partial charge < -0.3 is 4.74 Å². The van der Waals surface area contributed by atoms with Crippen LogP contribution in [0.4, 0.5) is 5.69 Å². The Morgan fingerprint density at radius 1 is 0.902 bits per heavy atom. The summed E-state index contributed by atoms with van der Waals surface area (Å²) < 4.78 is 6.30. The summed E-state index contributed by atoms with van der Waals surface area (Å²) in [5, 5.41) is 0.621. The lowest BCUT2D eigenvalue weighted by Crippen LogP contribution is -2.30. The number of ketones is 1. The van der Waals surface area contributed by atoms with Crippen LogP contribution in [0.1, 0.15) is 39.1 Å². The standard InChI is InChI=1S/C33H25BrN2O5/c1-19-6-15-28-26(16-19)27(33(40)41-18-30(37)21-7-11-22(34)12-8-21)17-29(35-28)20-9-13-23(14-10-20)36-31(38)24-4-2-3-5-25(24)32(36)39/h2-3,6-17,24-25H,4-5,18H2,1H3/t24-,25-/m0/s1. The van der Waals surface area contributed by atoms with E-state index in [1.165, 1.54) is 4.90 Å². The van der Waals surface area contributed by atoms with Crippen LogP contribution in [0.2, 0.25) is 0 Å². The molecule has 3 aromatic carbocycles. The molecule has 41 heavy (non-hydrogen) atoms. The van der Waals surface area contributed by atoms with Crippen LogP contribution in [0, 0.1) is 18.8 Å². The molecule has 2 aliphatic rings. The molecule has 1 fully saturated rings. The number of amides is 2. The molecule has 6 rings (SSSR count). The molecule has 1 aliphatic heterocycles. The average molecular weight is 609 g/mol. The Labute approximate surface area is 245 Å². The minimum absolute atomic E-state index is 0.168. The maximum Gasteiger partial charge on any atom is 0.339 e. The van der Waals surface area contributed by atoms with E-state index < -0.39 is 12.6 Å². The summed E-state index contributed by atoms with van der Waals surface area (Å²) in [6.45, 7) is 1.53. The number of Topliss-reactive ketones (excluding diaryl/α,β-unsaturated/α-hetero) is 1. The smallest absolute Gasteiger partial charge is 0.339 e. The van der Waals surface area contributed by atoms with Crippen LogP contribution in [0.3, 0.4) is 0 Å². The molecule has 2 amide bonds. The third-order valence-corrected chi connectivity index (χ3v) is 8.14. The van der Waals surface area contributed by atoms with Crippen LogP contribution in [0.5, 0.6) is 0 Å². The summed E-state index contributed by atoms with van der Waals surface area (Å²) in [7, 11) is 0. The van der Waals surface area contributed by atoms with E-state index >= 15 is 0 Å². The van der Waals surface area contributed by atoms with Crippen molar-refractivity contribution in [2.24, 2.45) is 11.8 Å². The van der Waals surface area contributed by atoms with Crippen molar-refractivity contribution in [3.8, 4) is 11.3 Å². The van der Waals surface area contributed by atoms with Crippen molar-refractivity contribution in [1.82, 2.24) is 4.98 Å². The molecular formula is C33H25BrN2O5. The van der Waals surface area contributed by atoms with Crippen molar-refractivity contribution in [3.63, 3.8) is 0 Å². The third kappa shape index (κ3) is 5.11. The number of allylic oxidation sites excluding steroid dienone is 2. The highest BCUT2D eigenvalue weighted by Gasteiger charge is 2.47. The quantitative estimate of drug-likeness (QED) is 0.108. The molecule has 0 unspecified atom stereocenters. The molecule has 0 radical (unpaired) electrons. The maximum absolute atomic E-state index is 13.3. The Bertz CT molecular complexity index is 1720. The Kier molecular flexibility index (Phi) is 7.09. The van der Waals surface area contributed by atoms with Crippen LogP contribution in [-0.2, 0) is 14.3 Å². The molecule has 0 N–H and O–H groups in total. The molecule has 0 bridgehead atoms. The van der Waals surface area contributed by atoms with Gasteiger partial charge in [0, 0.05) is 21.0 Å². The van der Waals surface area contributed by atoms with Gasteiger partial charge in [-0.15, -0.1) is 0 Å². The predicted octanol–water partition coefficient (Wildman–Crippen LogP) is 6.47. The van der Waals surface area contributed by atoms with Gasteiger partial charge in [-0.1, -0.05) is 64.0 Å². The van der Waals surface area contributed by atoms with Gasteiger partial charge in [0.2, 0.25) is 11.8 Å². The minimum atomic E-state index is -0.629. The largest absolute Gasteiger partial charge is 0.454 e. The van der Waals surface area contributed by atoms with Gasteiger partial charge in [-0.2, -0.15) is 0 Å².